The van der Waals surface area contributed by atoms with Crippen LogP contribution < -0.4 is 10.6 Å². The second-order valence-electron chi connectivity index (χ2n) is 4.62. The van der Waals surface area contributed by atoms with Crippen LogP contribution in [0.15, 0.2) is 48.5 Å². The summed E-state index contributed by atoms with van der Waals surface area (Å²) < 4.78 is 0. The van der Waals surface area contributed by atoms with Gasteiger partial charge in [0.15, 0.2) is 0 Å². The number of para-hydroxylation sites is 1. The molecule has 112 valence electrons. The van der Waals surface area contributed by atoms with Gasteiger partial charge in [0.05, 0.1) is 22.9 Å². The van der Waals surface area contributed by atoms with Gasteiger partial charge in [0.25, 0.3) is 0 Å². The lowest BCUT2D eigenvalue weighted by Gasteiger charge is -2.08. The number of anilines is 2. The fourth-order valence-corrected chi connectivity index (χ4v) is 1.90. The molecule has 2 rings (SSSR count). The first kappa shape index (κ1) is 15.7. The van der Waals surface area contributed by atoms with Crippen LogP contribution >= 0.6 is 0 Å². The Morgan fingerprint density at radius 3 is 2.39 bits per heavy atom. The highest BCUT2D eigenvalue weighted by atomic mass is 16.2. The van der Waals surface area contributed by atoms with E-state index < -0.39 is 18.2 Å². The molecule has 0 unspecified atom stereocenters. The second-order valence-corrected chi connectivity index (χ2v) is 4.62. The number of amides is 2. The van der Waals surface area contributed by atoms with Gasteiger partial charge in [-0.25, -0.2) is 0 Å². The van der Waals surface area contributed by atoms with Gasteiger partial charge in [0.1, 0.15) is 12.5 Å². The molecule has 23 heavy (non-hydrogen) atoms. The minimum Gasteiger partial charge on any atom is -0.326 e. The minimum absolute atomic E-state index is 0.322. The highest BCUT2D eigenvalue weighted by Gasteiger charge is 2.12. The van der Waals surface area contributed by atoms with Crippen LogP contribution in [0.25, 0.3) is 0 Å². The number of benzene rings is 2. The molecule has 6 heteroatoms. The Balaban J connectivity index is 1.96. The lowest BCUT2D eigenvalue weighted by molar-refractivity contribution is -0.123. The Morgan fingerprint density at radius 1 is 0.913 bits per heavy atom. The molecule has 0 saturated heterocycles. The predicted molar refractivity (Wildman–Crippen MR) is 84.2 cm³/mol. The summed E-state index contributed by atoms with van der Waals surface area (Å²) in [6.07, 6.45) is -0.392. The normalized spacial score (nSPS) is 9.30. The van der Waals surface area contributed by atoms with Gasteiger partial charge in [-0.15, -0.1) is 0 Å². The van der Waals surface area contributed by atoms with Crippen molar-refractivity contribution < 1.29 is 9.59 Å². The average molecular weight is 304 g/mol. The molecule has 2 amide bonds. The van der Waals surface area contributed by atoms with E-state index in [2.05, 4.69) is 10.6 Å². The van der Waals surface area contributed by atoms with Crippen molar-refractivity contribution >= 4 is 23.2 Å². The second kappa shape index (κ2) is 7.39. The molecule has 6 nitrogen and oxygen atoms in total. The van der Waals surface area contributed by atoms with Gasteiger partial charge in [0.2, 0.25) is 11.8 Å². The molecular formula is C17H12N4O2. The smallest absolute Gasteiger partial charge is 0.233 e. The van der Waals surface area contributed by atoms with Crippen molar-refractivity contribution in [2.75, 3.05) is 10.6 Å². The van der Waals surface area contributed by atoms with Crippen molar-refractivity contribution in [1.82, 2.24) is 0 Å². The molecule has 2 aromatic carbocycles. The van der Waals surface area contributed by atoms with Crippen LogP contribution in [0.3, 0.4) is 0 Å². The Labute approximate surface area is 133 Å². The van der Waals surface area contributed by atoms with E-state index in [0.29, 0.717) is 22.5 Å². The molecule has 0 aliphatic carbocycles. The average Bonchev–Trinajstić information content (AvgIpc) is 2.55. The van der Waals surface area contributed by atoms with E-state index in [1.165, 1.54) is 6.07 Å². The van der Waals surface area contributed by atoms with E-state index in [-0.39, 0.29) is 0 Å². The third kappa shape index (κ3) is 4.42. The summed E-state index contributed by atoms with van der Waals surface area (Å²) in [5.74, 6) is -1.03. The molecule has 0 aliphatic rings. The summed E-state index contributed by atoms with van der Waals surface area (Å²) in [6.45, 7) is 0. The summed E-state index contributed by atoms with van der Waals surface area (Å²) in [5.41, 5.74) is 1.54. The lowest BCUT2D eigenvalue weighted by Crippen LogP contribution is -2.21. The zero-order chi connectivity index (χ0) is 16.7. The number of carbonyl (C=O) groups excluding carboxylic acids is 2. The number of rotatable bonds is 4. The van der Waals surface area contributed by atoms with E-state index in [4.69, 9.17) is 10.5 Å². The summed E-state index contributed by atoms with van der Waals surface area (Å²) in [5, 5.41) is 22.8. The summed E-state index contributed by atoms with van der Waals surface area (Å²) >= 11 is 0. The number of carbonyl (C=O) groups is 2. The van der Waals surface area contributed by atoms with Gasteiger partial charge < -0.3 is 10.6 Å². The zero-order valence-electron chi connectivity index (χ0n) is 12.0. The van der Waals surface area contributed by atoms with Crippen LogP contribution in [-0.2, 0) is 9.59 Å². The van der Waals surface area contributed by atoms with E-state index >= 15 is 0 Å². The molecule has 0 spiro atoms. The summed E-state index contributed by atoms with van der Waals surface area (Å²) in [4.78, 5) is 23.7. The van der Waals surface area contributed by atoms with Crippen LogP contribution in [0.1, 0.15) is 17.5 Å². The highest BCUT2D eigenvalue weighted by Crippen LogP contribution is 2.14. The van der Waals surface area contributed by atoms with Crippen LogP contribution in [0, 0.1) is 22.7 Å². The van der Waals surface area contributed by atoms with Gasteiger partial charge in [-0.1, -0.05) is 18.2 Å². The van der Waals surface area contributed by atoms with Crippen molar-refractivity contribution in [2.45, 2.75) is 6.42 Å². The van der Waals surface area contributed by atoms with Gasteiger partial charge in [-0.05, 0) is 30.3 Å². The fourth-order valence-electron chi connectivity index (χ4n) is 1.90. The van der Waals surface area contributed by atoms with E-state index in [1.807, 2.05) is 12.1 Å². The van der Waals surface area contributed by atoms with Crippen molar-refractivity contribution in [3.05, 3.63) is 59.7 Å². The molecule has 0 saturated carbocycles. The van der Waals surface area contributed by atoms with Crippen LogP contribution in [0.2, 0.25) is 0 Å². The standard InChI is InChI=1S/C17H12N4O2/c18-10-12-4-3-6-14(8-12)20-16(22)9-17(23)21-15-7-2-1-5-13(15)11-19/h1-8H,9H2,(H,20,22)(H,21,23). The first-order valence-corrected chi connectivity index (χ1v) is 6.71. The van der Waals surface area contributed by atoms with Gasteiger partial charge in [-0.3, -0.25) is 9.59 Å². The maximum Gasteiger partial charge on any atom is 0.233 e. The molecule has 2 aromatic rings. The molecule has 0 aliphatic heterocycles. The number of hydrogen-bond acceptors (Lipinski definition) is 4. The monoisotopic (exact) mass is 304 g/mol. The van der Waals surface area contributed by atoms with Gasteiger partial charge in [0, 0.05) is 5.69 Å². The van der Waals surface area contributed by atoms with Gasteiger partial charge in [-0.2, -0.15) is 10.5 Å². The van der Waals surface area contributed by atoms with Crippen molar-refractivity contribution in [3.8, 4) is 12.1 Å². The maximum atomic E-state index is 11.9. The Kier molecular flexibility index (Phi) is 5.06. The van der Waals surface area contributed by atoms with E-state index in [1.54, 1.807) is 42.5 Å². The van der Waals surface area contributed by atoms with Crippen molar-refractivity contribution in [1.29, 1.82) is 10.5 Å². The predicted octanol–water partition coefficient (Wildman–Crippen LogP) is 2.40. The number of nitrogens with one attached hydrogen (secondary N) is 2. The molecule has 0 bridgehead atoms. The number of nitrogens with zero attached hydrogens (tertiary/aromatic N) is 2. The summed E-state index contributed by atoms with van der Waals surface area (Å²) in [6, 6.07) is 16.8. The zero-order valence-corrected chi connectivity index (χ0v) is 12.0. The SMILES string of the molecule is N#Cc1cccc(NC(=O)CC(=O)Nc2ccccc2C#N)c1. The molecule has 0 atom stereocenters. The Bertz CT molecular complexity index is 831. The Hall–Kier alpha value is -3.64. The fraction of sp³-hybridized carbons (Fsp3) is 0.0588. The molecule has 0 aromatic heterocycles. The third-order valence-electron chi connectivity index (χ3n) is 2.92. The topological polar surface area (TPSA) is 106 Å². The van der Waals surface area contributed by atoms with Crippen molar-refractivity contribution in [3.63, 3.8) is 0 Å². The van der Waals surface area contributed by atoms with Crippen LogP contribution in [0.4, 0.5) is 11.4 Å². The minimum atomic E-state index is -0.526. The van der Waals surface area contributed by atoms with Gasteiger partial charge >= 0.3 is 0 Å². The van der Waals surface area contributed by atoms with E-state index in [9.17, 15) is 9.59 Å². The van der Waals surface area contributed by atoms with Crippen LogP contribution in [-0.4, -0.2) is 11.8 Å². The molecule has 0 fully saturated rings. The largest absolute Gasteiger partial charge is 0.326 e. The highest BCUT2D eigenvalue weighted by molar-refractivity contribution is 6.08. The number of nitriles is 2. The van der Waals surface area contributed by atoms with Crippen LogP contribution in [0.5, 0.6) is 0 Å². The third-order valence-corrected chi connectivity index (χ3v) is 2.92. The molecule has 0 heterocycles. The molecular weight excluding hydrogens is 292 g/mol. The first-order chi connectivity index (χ1) is 11.1. The molecule has 0 radical (unpaired) electrons. The maximum absolute atomic E-state index is 11.9. The first-order valence-electron chi connectivity index (χ1n) is 6.71. The Morgan fingerprint density at radius 2 is 1.65 bits per heavy atom. The number of hydrogen-bond donors (Lipinski definition) is 2. The lowest BCUT2D eigenvalue weighted by atomic mass is 10.2. The van der Waals surface area contributed by atoms with Crippen molar-refractivity contribution in [2.24, 2.45) is 0 Å². The molecule has 2 N–H and O–H groups in total. The quantitative estimate of drug-likeness (QED) is 0.846. The summed E-state index contributed by atoms with van der Waals surface area (Å²) in [7, 11) is 0. The van der Waals surface area contributed by atoms with E-state index in [0.717, 1.165) is 0 Å².